The van der Waals surface area contributed by atoms with Crippen LogP contribution in [-0.2, 0) is 0 Å². The van der Waals surface area contributed by atoms with Gasteiger partial charge in [0.25, 0.3) is 11.5 Å². The van der Waals surface area contributed by atoms with E-state index in [9.17, 15) is 9.59 Å². The van der Waals surface area contributed by atoms with Gasteiger partial charge in [0.05, 0.1) is 10.9 Å². The van der Waals surface area contributed by atoms with Gasteiger partial charge in [-0.05, 0) is 55.5 Å². The quantitative estimate of drug-likeness (QED) is 0.523. The number of nitrogens with one attached hydrogen (secondary N) is 1. The van der Waals surface area contributed by atoms with Gasteiger partial charge in [-0.1, -0.05) is 36.5 Å². The van der Waals surface area contributed by atoms with Crippen LogP contribution in [0.3, 0.4) is 0 Å². The molecule has 158 valence electrons. The molecule has 1 N–H and O–H groups in total. The second-order valence-electron chi connectivity index (χ2n) is 8.19. The molecule has 4 aromatic rings. The minimum Gasteiger partial charge on any atom is -0.338 e. The molecule has 5 rings (SSSR count). The molecule has 2 aromatic heterocycles. The van der Waals surface area contributed by atoms with Crippen LogP contribution in [-0.4, -0.2) is 38.5 Å². The van der Waals surface area contributed by atoms with Crippen molar-refractivity contribution < 1.29 is 4.79 Å². The largest absolute Gasteiger partial charge is 0.338 e. The minimum atomic E-state index is -0.236. The first-order valence-electron chi connectivity index (χ1n) is 10.4. The molecule has 8 heteroatoms. The maximum Gasteiger partial charge on any atom is 0.283 e. The lowest BCUT2D eigenvalue weighted by Crippen LogP contribution is -2.39. The lowest BCUT2D eigenvalue weighted by molar-refractivity contribution is 0.0683. The Balaban J connectivity index is 1.51. The van der Waals surface area contributed by atoms with Crippen LogP contribution in [0.1, 0.15) is 35.7 Å². The third-order valence-electron chi connectivity index (χ3n) is 5.77. The third kappa shape index (κ3) is 3.67. The fraction of sp³-hybridized carbons (Fsp3) is 0.304. The Morgan fingerprint density at radius 2 is 2.06 bits per heavy atom. The average molecular weight is 434 g/mol. The van der Waals surface area contributed by atoms with Gasteiger partial charge in [0, 0.05) is 24.3 Å². The molecule has 1 amide bonds. The molecular formula is C23H23N5O2S. The van der Waals surface area contributed by atoms with Gasteiger partial charge < -0.3 is 10.2 Å². The number of aromatic nitrogens is 3. The normalized spacial score (nSPS) is 16.7. The number of piperidine rings is 1. The van der Waals surface area contributed by atoms with Crippen LogP contribution in [0.15, 0.2) is 47.3 Å². The van der Waals surface area contributed by atoms with E-state index in [1.165, 1.54) is 15.9 Å². The molecule has 2 aromatic carbocycles. The van der Waals surface area contributed by atoms with Crippen molar-refractivity contribution in [2.45, 2.75) is 26.7 Å². The van der Waals surface area contributed by atoms with E-state index < -0.39 is 0 Å². The topological polar surface area (TPSA) is 79.6 Å². The van der Waals surface area contributed by atoms with E-state index in [0.717, 1.165) is 37.2 Å². The van der Waals surface area contributed by atoms with Gasteiger partial charge in [-0.25, -0.2) is 4.98 Å². The molecule has 1 aliphatic heterocycles. The molecule has 0 spiro atoms. The van der Waals surface area contributed by atoms with Crippen molar-refractivity contribution in [3.8, 4) is 0 Å². The first-order chi connectivity index (χ1) is 15.0. The predicted octanol–water partition coefficient (Wildman–Crippen LogP) is 4.23. The number of anilines is 2. The van der Waals surface area contributed by atoms with Gasteiger partial charge in [-0.15, -0.1) is 5.10 Å². The van der Waals surface area contributed by atoms with E-state index in [0.29, 0.717) is 32.5 Å². The highest BCUT2D eigenvalue weighted by atomic mass is 32.1. The van der Waals surface area contributed by atoms with Crippen molar-refractivity contribution in [1.82, 2.24) is 19.5 Å². The zero-order chi connectivity index (χ0) is 21.5. The lowest BCUT2D eigenvalue weighted by atomic mass is 9.99. The van der Waals surface area contributed by atoms with E-state index in [1.54, 1.807) is 18.2 Å². The molecule has 31 heavy (non-hydrogen) atoms. The van der Waals surface area contributed by atoms with Crippen LogP contribution in [0, 0.1) is 12.8 Å². The number of carbonyl (C=O) groups excluding carboxylic acids is 1. The Labute approximate surface area is 183 Å². The number of amides is 1. The molecule has 3 heterocycles. The number of carbonyl (C=O) groups is 1. The van der Waals surface area contributed by atoms with Crippen LogP contribution in [0.4, 0.5) is 10.8 Å². The van der Waals surface area contributed by atoms with Crippen LogP contribution >= 0.6 is 11.3 Å². The summed E-state index contributed by atoms with van der Waals surface area (Å²) in [6.07, 6.45) is 2.18. The second-order valence-corrected chi connectivity index (χ2v) is 9.14. The van der Waals surface area contributed by atoms with Gasteiger partial charge in [-0.2, -0.15) is 4.52 Å². The highest BCUT2D eigenvalue weighted by molar-refractivity contribution is 7.20. The van der Waals surface area contributed by atoms with Crippen molar-refractivity contribution in [3.63, 3.8) is 0 Å². The SMILES string of the molecule is Cc1ccccc1Nc1nn2c(=O)c3ccc(C(=O)N4CCC[C@H](C)C4)cc3nc2s1. The van der Waals surface area contributed by atoms with E-state index in [1.807, 2.05) is 36.1 Å². The van der Waals surface area contributed by atoms with Crippen LogP contribution < -0.4 is 10.9 Å². The molecule has 1 fully saturated rings. The zero-order valence-electron chi connectivity index (χ0n) is 17.5. The highest BCUT2D eigenvalue weighted by Gasteiger charge is 2.23. The van der Waals surface area contributed by atoms with E-state index in [4.69, 9.17) is 0 Å². The maximum atomic E-state index is 13.0. The summed E-state index contributed by atoms with van der Waals surface area (Å²) in [5.41, 5.74) is 2.87. The van der Waals surface area contributed by atoms with Crippen molar-refractivity contribution in [2.24, 2.45) is 5.92 Å². The number of likely N-dealkylation sites (tertiary alicyclic amines) is 1. The molecule has 7 nitrogen and oxygen atoms in total. The van der Waals surface area contributed by atoms with Crippen molar-refractivity contribution in [2.75, 3.05) is 18.4 Å². The van der Waals surface area contributed by atoms with Crippen molar-refractivity contribution in [1.29, 1.82) is 0 Å². The lowest BCUT2D eigenvalue weighted by Gasteiger charge is -2.31. The summed E-state index contributed by atoms with van der Waals surface area (Å²) >= 11 is 1.31. The van der Waals surface area contributed by atoms with E-state index in [-0.39, 0.29) is 11.5 Å². The summed E-state index contributed by atoms with van der Waals surface area (Å²) in [5, 5.41) is 8.72. The van der Waals surface area contributed by atoms with Gasteiger partial charge in [0.15, 0.2) is 0 Å². The number of fused-ring (bicyclic) bond motifs is 2. The first-order valence-corrected chi connectivity index (χ1v) is 11.3. The Kier molecular flexibility index (Phi) is 4.94. The minimum absolute atomic E-state index is 0.00154. The van der Waals surface area contributed by atoms with Gasteiger partial charge in [-0.3, -0.25) is 9.59 Å². The zero-order valence-corrected chi connectivity index (χ0v) is 18.3. The van der Waals surface area contributed by atoms with E-state index >= 15 is 0 Å². The average Bonchev–Trinajstić information content (AvgIpc) is 3.17. The number of benzene rings is 2. The Morgan fingerprint density at radius 1 is 1.23 bits per heavy atom. The summed E-state index contributed by atoms with van der Waals surface area (Å²) in [7, 11) is 0. The highest BCUT2D eigenvalue weighted by Crippen LogP contribution is 2.25. The fourth-order valence-electron chi connectivity index (χ4n) is 4.08. The maximum absolute atomic E-state index is 13.0. The summed E-state index contributed by atoms with van der Waals surface area (Å²) in [6.45, 7) is 5.73. The number of para-hydroxylation sites is 1. The summed E-state index contributed by atoms with van der Waals surface area (Å²) < 4.78 is 1.32. The molecule has 1 atom stereocenters. The smallest absolute Gasteiger partial charge is 0.283 e. The third-order valence-corrected chi connectivity index (χ3v) is 6.60. The summed E-state index contributed by atoms with van der Waals surface area (Å²) in [4.78, 5) is 33.0. The van der Waals surface area contributed by atoms with E-state index in [2.05, 4.69) is 22.3 Å². The number of rotatable bonds is 3. The second kappa shape index (κ2) is 7.77. The number of hydrogen-bond acceptors (Lipinski definition) is 6. The molecule has 1 saturated heterocycles. The standard InChI is InChI=1S/C23H23N5O2S/c1-14-6-5-11-27(13-14)20(29)16-9-10-17-19(12-16)25-23-28(21(17)30)26-22(31-23)24-18-8-4-3-7-15(18)2/h3-4,7-10,12,14H,5-6,11,13H2,1-2H3,(H,24,26)/t14-/m0/s1. The van der Waals surface area contributed by atoms with Crippen molar-refractivity contribution >= 4 is 43.9 Å². The Morgan fingerprint density at radius 3 is 2.87 bits per heavy atom. The Hall–Kier alpha value is -3.26. The molecule has 0 aliphatic carbocycles. The summed E-state index contributed by atoms with van der Waals surface area (Å²) in [5.74, 6) is 0.513. The van der Waals surface area contributed by atoms with Gasteiger partial charge in [0.1, 0.15) is 0 Å². The number of aryl methyl sites for hydroxylation is 1. The van der Waals surface area contributed by atoms with Crippen LogP contribution in [0.5, 0.6) is 0 Å². The molecule has 0 bridgehead atoms. The molecule has 0 saturated carbocycles. The Bertz CT molecular complexity index is 1360. The first kappa shape index (κ1) is 19.7. The molecular weight excluding hydrogens is 410 g/mol. The summed E-state index contributed by atoms with van der Waals surface area (Å²) in [6, 6.07) is 13.0. The van der Waals surface area contributed by atoms with Crippen LogP contribution in [0.2, 0.25) is 0 Å². The number of hydrogen-bond donors (Lipinski definition) is 1. The fourth-order valence-corrected chi connectivity index (χ4v) is 4.89. The van der Waals surface area contributed by atoms with Crippen LogP contribution in [0.25, 0.3) is 15.9 Å². The molecule has 0 radical (unpaired) electrons. The predicted molar refractivity (Wildman–Crippen MR) is 123 cm³/mol. The number of nitrogens with zero attached hydrogens (tertiary/aromatic N) is 4. The molecule has 1 aliphatic rings. The van der Waals surface area contributed by atoms with Gasteiger partial charge >= 0.3 is 0 Å². The van der Waals surface area contributed by atoms with Gasteiger partial charge in [0.2, 0.25) is 10.1 Å². The van der Waals surface area contributed by atoms with Crippen molar-refractivity contribution in [3.05, 3.63) is 63.9 Å². The molecule has 0 unspecified atom stereocenters. The monoisotopic (exact) mass is 433 g/mol.